The topological polar surface area (TPSA) is 21.3 Å². The Bertz CT molecular complexity index is 511. The summed E-state index contributed by atoms with van der Waals surface area (Å²) in [5, 5.41) is 3.10. The Kier molecular flexibility index (Phi) is 4.28. The van der Waals surface area contributed by atoms with Crippen molar-refractivity contribution in [2.24, 2.45) is 0 Å². The highest BCUT2D eigenvalue weighted by Gasteiger charge is 2.03. The van der Waals surface area contributed by atoms with Crippen LogP contribution in [0.15, 0.2) is 48.5 Å². The summed E-state index contributed by atoms with van der Waals surface area (Å²) in [5.41, 5.74) is 1.69. The molecule has 2 aromatic carbocycles. The van der Waals surface area contributed by atoms with Gasteiger partial charge < -0.3 is 10.1 Å². The first-order valence-electron chi connectivity index (χ1n) is 5.67. The lowest BCUT2D eigenvalue weighted by atomic mass is 10.2. The van der Waals surface area contributed by atoms with E-state index >= 15 is 0 Å². The average Bonchev–Trinajstić information content (AvgIpc) is 2.39. The van der Waals surface area contributed by atoms with Crippen molar-refractivity contribution in [1.82, 2.24) is 0 Å². The zero-order chi connectivity index (χ0) is 13.7. The molecule has 0 fully saturated rings. The summed E-state index contributed by atoms with van der Waals surface area (Å²) in [6, 6.07) is 12.3. The van der Waals surface area contributed by atoms with E-state index in [1.165, 1.54) is 24.3 Å². The quantitative estimate of drug-likeness (QED) is 0.882. The summed E-state index contributed by atoms with van der Waals surface area (Å²) < 4.78 is 40.9. The van der Waals surface area contributed by atoms with Gasteiger partial charge in [0.1, 0.15) is 11.6 Å². The minimum atomic E-state index is -2.82. The third-order valence-electron chi connectivity index (χ3n) is 2.49. The number of halogens is 3. The lowest BCUT2D eigenvalue weighted by Gasteiger charge is -2.08. The first-order chi connectivity index (χ1) is 9.13. The zero-order valence-electron chi connectivity index (χ0n) is 9.95. The maximum absolute atomic E-state index is 12.7. The lowest BCUT2D eigenvalue weighted by Crippen LogP contribution is -2.02. The highest BCUT2D eigenvalue weighted by molar-refractivity contribution is 5.46. The van der Waals surface area contributed by atoms with Crippen molar-refractivity contribution in [3.8, 4) is 5.75 Å². The lowest BCUT2D eigenvalue weighted by molar-refractivity contribution is -0.0498. The zero-order valence-corrected chi connectivity index (χ0v) is 9.95. The first kappa shape index (κ1) is 13.3. The number of hydrogen-bond acceptors (Lipinski definition) is 2. The van der Waals surface area contributed by atoms with Gasteiger partial charge in [0.05, 0.1) is 0 Å². The molecule has 0 unspecified atom stereocenters. The smallest absolute Gasteiger partial charge is 0.387 e. The molecular weight excluding hydrogens is 255 g/mol. The van der Waals surface area contributed by atoms with E-state index in [1.54, 1.807) is 24.3 Å². The van der Waals surface area contributed by atoms with Gasteiger partial charge >= 0.3 is 6.61 Å². The van der Waals surface area contributed by atoms with E-state index in [0.29, 0.717) is 6.54 Å². The van der Waals surface area contributed by atoms with Gasteiger partial charge in [-0.1, -0.05) is 12.1 Å². The van der Waals surface area contributed by atoms with Gasteiger partial charge in [0.2, 0.25) is 0 Å². The number of nitrogens with one attached hydrogen (secondary N) is 1. The van der Waals surface area contributed by atoms with Gasteiger partial charge in [-0.2, -0.15) is 8.78 Å². The number of rotatable bonds is 5. The van der Waals surface area contributed by atoms with Crippen molar-refractivity contribution < 1.29 is 17.9 Å². The van der Waals surface area contributed by atoms with Crippen LogP contribution in [-0.2, 0) is 6.54 Å². The number of anilines is 1. The normalized spacial score (nSPS) is 10.5. The van der Waals surface area contributed by atoms with E-state index in [0.717, 1.165) is 11.3 Å². The Morgan fingerprint density at radius 2 is 1.58 bits per heavy atom. The molecule has 1 N–H and O–H groups in total. The first-order valence-corrected chi connectivity index (χ1v) is 5.67. The number of ether oxygens (including phenoxy) is 1. The van der Waals surface area contributed by atoms with Crippen LogP contribution in [0.25, 0.3) is 0 Å². The van der Waals surface area contributed by atoms with Crippen molar-refractivity contribution in [1.29, 1.82) is 0 Å². The van der Waals surface area contributed by atoms with Gasteiger partial charge in [0, 0.05) is 12.2 Å². The predicted octanol–water partition coefficient (Wildman–Crippen LogP) is 4.04. The van der Waals surface area contributed by atoms with Gasteiger partial charge in [-0.05, 0) is 42.0 Å². The summed E-state index contributed by atoms with van der Waals surface area (Å²) in [5.74, 6) is -0.167. The van der Waals surface area contributed by atoms with Gasteiger partial charge in [0.25, 0.3) is 0 Å². The maximum Gasteiger partial charge on any atom is 0.387 e. The second-order valence-corrected chi connectivity index (χ2v) is 3.88. The minimum absolute atomic E-state index is 0.113. The van der Waals surface area contributed by atoms with Crippen LogP contribution < -0.4 is 10.1 Å². The van der Waals surface area contributed by atoms with Crippen LogP contribution in [0.4, 0.5) is 18.9 Å². The van der Waals surface area contributed by atoms with Crippen molar-refractivity contribution in [2.45, 2.75) is 13.2 Å². The Morgan fingerprint density at radius 3 is 2.16 bits per heavy atom. The summed E-state index contributed by atoms with van der Waals surface area (Å²) in [6.07, 6.45) is 0. The summed E-state index contributed by atoms with van der Waals surface area (Å²) in [4.78, 5) is 0. The molecule has 0 amide bonds. The minimum Gasteiger partial charge on any atom is -0.435 e. The summed E-state index contributed by atoms with van der Waals surface area (Å²) >= 11 is 0. The van der Waals surface area contributed by atoms with Gasteiger partial charge in [-0.15, -0.1) is 0 Å². The Hall–Kier alpha value is -2.17. The van der Waals surface area contributed by atoms with Crippen LogP contribution >= 0.6 is 0 Å². The molecule has 0 aliphatic carbocycles. The summed E-state index contributed by atoms with van der Waals surface area (Å²) in [6.45, 7) is -2.30. The van der Waals surface area contributed by atoms with Crippen LogP contribution in [0.1, 0.15) is 5.56 Å². The highest BCUT2D eigenvalue weighted by Crippen LogP contribution is 2.18. The van der Waals surface area contributed by atoms with Crippen molar-refractivity contribution in [3.63, 3.8) is 0 Å². The molecule has 0 bridgehead atoms. The van der Waals surface area contributed by atoms with Gasteiger partial charge in [-0.3, -0.25) is 0 Å². The second-order valence-electron chi connectivity index (χ2n) is 3.88. The molecule has 100 valence electrons. The molecule has 0 aromatic heterocycles. The van der Waals surface area contributed by atoms with Crippen LogP contribution in [0.2, 0.25) is 0 Å². The van der Waals surface area contributed by atoms with Crippen LogP contribution in [0.5, 0.6) is 5.75 Å². The van der Waals surface area contributed by atoms with E-state index in [2.05, 4.69) is 10.1 Å². The molecule has 0 spiro atoms. The third-order valence-corrected chi connectivity index (χ3v) is 2.49. The molecule has 19 heavy (non-hydrogen) atoms. The molecule has 0 aliphatic rings. The molecule has 0 saturated heterocycles. The summed E-state index contributed by atoms with van der Waals surface area (Å²) in [7, 11) is 0. The molecule has 2 rings (SSSR count). The Balaban J connectivity index is 1.91. The van der Waals surface area contributed by atoms with E-state index < -0.39 is 6.61 Å². The fraction of sp³-hybridized carbons (Fsp3) is 0.143. The van der Waals surface area contributed by atoms with Crippen LogP contribution in [0, 0.1) is 5.82 Å². The number of hydrogen-bond donors (Lipinski definition) is 1. The van der Waals surface area contributed by atoms with E-state index in [4.69, 9.17) is 0 Å². The fourth-order valence-electron chi connectivity index (χ4n) is 1.56. The molecule has 0 aliphatic heterocycles. The molecule has 0 heterocycles. The van der Waals surface area contributed by atoms with Crippen LogP contribution in [0.3, 0.4) is 0 Å². The van der Waals surface area contributed by atoms with Crippen molar-refractivity contribution in [2.75, 3.05) is 5.32 Å². The number of benzene rings is 2. The average molecular weight is 267 g/mol. The monoisotopic (exact) mass is 267 g/mol. The Morgan fingerprint density at radius 1 is 0.947 bits per heavy atom. The van der Waals surface area contributed by atoms with E-state index in [9.17, 15) is 13.2 Å². The van der Waals surface area contributed by atoms with Gasteiger partial charge in [0.15, 0.2) is 0 Å². The third kappa shape index (κ3) is 4.21. The largest absolute Gasteiger partial charge is 0.435 e. The molecule has 2 nitrogen and oxygen atoms in total. The highest BCUT2D eigenvalue weighted by atomic mass is 19.3. The second kappa shape index (κ2) is 6.13. The van der Waals surface area contributed by atoms with E-state index in [1.807, 2.05) is 0 Å². The van der Waals surface area contributed by atoms with Gasteiger partial charge in [-0.25, -0.2) is 4.39 Å². The number of alkyl halides is 2. The molecule has 5 heteroatoms. The predicted molar refractivity (Wildman–Crippen MR) is 66.8 cm³/mol. The molecule has 0 radical (unpaired) electrons. The van der Waals surface area contributed by atoms with Crippen molar-refractivity contribution >= 4 is 5.69 Å². The van der Waals surface area contributed by atoms with E-state index in [-0.39, 0.29) is 11.6 Å². The molecule has 0 saturated carbocycles. The Labute approximate surface area is 108 Å². The molecule has 0 atom stereocenters. The molecule has 2 aromatic rings. The SMILES string of the molecule is Fc1ccc(CNc2ccc(OC(F)F)cc2)cc1. The van der Waals surface area contributed by atoms with Crippen molar-refractivity contribution in [3.05, 3.63) is 59.9 Å². The maximum atomic E-state index is 12.7. The fourth-order valence-corrected chi connectivity index (χ4v) is 1.56. The van der Waals surface area contributed by atoms with Crippen LogP contribution in [-0.4, -0.2) is 6.61 Å². The molecular formula is C14H12F3NO. The standard InChI is InChI=1S/C14H12F3NO/c15-11-3-1-10(2-4-11)9-18-12-5-7-13(8-6-12)19-14(16)17/h1-8,14,18H,9H2.